The van der Waals surface area contributed by atoms with Crippen LogP contribution in [0.25, 0.3) is 0 Å². The van der Waals surface area contributed by atoms with Crippen LogP contribution in [0.3, 0.4) is 0 Å². The topological polar surface area (TPSA) is 17.0 Å². The van der Waals surface area contributed by atoms with E-state index in [1.807, 2.05) is 31.5 Å². The average Bonchev–Trinajstić information content (AvgIpc) is 2.64. The van der Waals surface area contributed by atoms with Crippen molar-refractivity contribution in [2.24, 2.45) is 7.05 Å². The van der Waals surface area contributed by atoms with Gasteiger partial charge in [-0.05, 0) is 25.5 Å². The molecule has 0 fully saturated rings. The average molecular weight is 286 g/mol. The Labute approximate surface area is 114 Å². The maximum Gasteiger partial charge on any atom is 0.185 e. The van der Waals surface area contributed by atoms with E-state index in [9.17, 15) is 17.6 Å². The van der Waals surface area contributed by atoms with Crippen LogP contribution < -0.4 is 5.32 Å². The molecule has 0 atom stereocenters. The molecule has 0 saturated heterocycles. The van der Waals surface area contributed by atoms with Crippen molar-refractivity contribution in [1.29, 1.82) is 0 Å². The maximum atomic E-state index is 13.5. The molecule has 0 saturated carbocycles. The lowest BCUT2D eigenvalue weighted by molar-refractivity contribution is 0.458. The Morgan fingerprint density at radius 1 is 1.00 bits per heavy atom. The second kappa shape index (κ2) is 5.19. The summed E-state index contributed by atoms with van der Waals surface area (Å²) in [4.78, 5) is 0. The summed E-state index contributed by atoms with van der Waals surface area (Å²) in [7, 11) is 1.86. The lowest BCUT2D eigenvalue weighted by Gasteiger charge is -2.10. The molecule has 0 aliphatic carbocycles. The van der Waals surface area contributed by atoms with Crippen molar-refractivity contribution < 1.29 is 17.6 Å². The molecule has 108 valence electrons. The number of anilines is 1. The third-order valence-corrected chi connectivity index (χ3v) is 3.45. The van der Waals surface area contributed by atoms with Crippen LogP contribution in [0.4, 0.5) is 23.2 Å². The minimum Gasteiger partial charge on any atom is -0.376 e. The molecule has 0 radical (unpaired) electrons. The van der Waals surface area contributed by atoms with Gasteiger partial charge >= 0.3 is 0 Å². The quantitative estimate of drug-likeness (QED) is 0.670. The van der Waals surface area contributed by atoms with Gasteiger partial charge in [-0.2, -0.15) is 0 Å². The van der Waals surface area contributed by atoms with E-state index < -0.39 is 29.0 Å². The summed E-state index contributed by atoms with van der Waals surface area (Å²) in [6.07, 6.45) is 0. The maximum absolute atomic E-state index is 13.5. The van der Waals surface area contributed by atoms with Crippen LogP contribution in [0.15, 0.2) is 12.1 Å². The molecule has 1 aromatic heterocycles. The molecule has 0 unspecified atom stereocenters. The molecule has 0 amide bonds. The van der Waals surface area contributed by atoms with Crippen molar-refractivity contribution >= 4 is 5.69 Å². The molecule has 2 aromatic rings. The number of rotatable bonds is 3. The Hall–Kier alpha value is -1.98. The number of aryl methyl sites for hydroxylation is 1. The summed E-state index contributed by atoms with van der Waals surface area (Å²) < 4.78 is 55.0. The van der Waals surface area contributed by atoms with Crippen LogP contribution in [-0.4, -0.2) is 4.57 Å². The Morgan fingerprint density at radius 3 is 2.00 bits per heavy atom. The SMILES string of the molecule is Cc1cc(CNc2c(F)c(F)cc(F)c2F)c(C)n1C. The number of aromatic nitrogens is 1. The van der Waals surface area contributed by atoms with Gasteiger partial charge in [-0.1, -0.05) is 0 Å². The third-order valence-electron chi connectivity index (χ3n) is 3.45. The fraction of sp³-hybridized carbons (Fsp3) is 0.286. The van der Waals surface area contributed by atoms with E-state index in [2.05, 4.69) is 5.32 Å². The first-order valence-corrected chi connectivity index (χ1v) is 6.01. The molecule has 1 N–H and O–H groups in total. The summed E-state index contributed by atoms with van der Waals surface area (Å²) in [5.74, 6) is -5.69. The number of benzene rings is 1. The molecule has 2 rings (SSSR count). The first-order valence-electron chi connectivity index (χ1n) is 6.01. The largest absolute Gasteiger partial charge is 0.376 e. The lowest BCUT2D eigenvalue weighted by atomic mass is 10.2. The van der Waals surface area contributed by atoms with Crippen molar-refractivity contribution in [3.8, 4) is 0 Å². The van der Waals surface area contributed by atoms with E-state index in [1.54, 1.807) is 0 Å². The van der Waals surface area contributed by atoms with Crippen LogP contribution in [0.5, 0.6) is 0 Å². The van der Waals surface area contributed by atoms with E-state index in [-0.39, 0.29) is 12.6 Å². The predicted molar refractivity (Wildman–Crippen MR) is 68.5 cm³/mol. The van der Waals surface area contributed by atoms with Crippen molar-refractivity contribution in [2.45, 2.75) is 20.4 Å². The zero-order chi connectivity index (χ0) is 15.0. The third kappa shape index (κ3) is 2.37. The van der Waals surface area contributed by atoms with Crippen LogP contribution in [0, 0.1) is 37.1 Å². The highest BCUT2D eigenvalue weighted by molar-refractivity contribution is 5.48. The van der Waals surface area contributed by atoms with Gasteiger partial charge in [-0.15, -0.1) is 0 Å². The summed E-state index contributed by atoms with van der Waals surface area (Å²) >= 11 is 0. The molecule has 2 nitrogen and oxygen atoms in total. The highest BCUT2D eigenvalue weighted by Gasteiger charge is 2.19. The van der Waals surface area contributed by atoms with Crippen LogP contribution in [-0.2, 0) is 13.6 Å². The van der Waals surface area contributed by atoms with Crippen LogP contribution >= 0.6 is 0 Å². The van der Waals surface area contributed by atoms with E-state index >= 15 is 0 Å². The van der Waals surface area contributed by atoms with Gasteiger partial charge in [0.25, 0.3) is 0 Å². The van der Waals surface area contributed by atoms with Crippen LogP contribution in [0.1, 0.15) is 17.0 Å². The normalized spacial score (nSPS) is 10.9. The Morgan fingerprint density at radius 2 is 1.55 bits per heavy atom. The van der Waals surface area contributed by atoms with Gasteiger partial charge in [0, 0.05) is 31.0 Å². The van der Waals surface area contributed by atoms with E-state index in [1.165, 1.54) is 0 Å². The summed E-state index contributed by atoms with van der Waals surface area (Å²) in [6, 6.07) is 2.03. The fourth-order valence-corrected chi connectivity index (χ4v) is 2.02. The molecular weight excluding hydrogens is 272 g/mol. The van der Waals surface area contributed by atoms with Gasteiger partial charge in [0.05, 0.1) is 0 Å². The highest BCUT2D eigenvalue weighted by Crippen LogP contribution is 2.25. The van der Waals surface area contributed by atoms with Gasteiger partial charge in [0.15, 0.2) is 23.3 Å². The summed E-state index contributed by atoms with van der Waals surface area (Å²) in [6.45, 7) is 3.81. The number of hydrogen-bond acceptors (Lipinski definition) is 1. The highest BCUT2D eigenvalue weighted by atomic mass is 19.2. The fourth-order valence-electron chi connectivity index (χ4n) is 2.02. The van der Waals surface area contributed by atoms with Crippen molar-refractivity contribution in [1.82, 2.24) is 4.57 Å². The van der Waals surface area contributed by atoms with Gasteiger partial charge in [-0.3, -0.25) is 0 Å². The lowest BCUT2D eigenvalue weighted by Crippen LogP contribution is -2.08. The number of hydrogen-bond donors (Lipinski definition) is 1. The van der Waals surface area contributed by atoms with Gasteiger partial charge < -0.3 is 9.88 Å². The molecule has 0 bridgehead atoms. The van der Waals surface area contributed by atoms with Gasteiger partial charge in [0.2, 0.25) is 0 Å². The standard InChI is InChI=1S/C14H14F4N2/c1-7-4-9(8(2)20(7)3)6-19-14-12(17)10(15)5-11(16)13(14)18/h4-5,19H,6H2,1-3H3. The summed E-state index contributed by atoms with van der Waals surface area (Å²) in [5, 5.41) is 2.42. The number of nitrogens with zero attached hydrogens (tertiary/aromatic N) is 1. The summed E-state index contributed by atoms with van der Waals surface area (Å²) in [5.41, 5.74) is 1.90. The Balaban J connectivity index is 2.29. The molecule has 0 aliphatic heterocycles. The minimum absolute atomic E-state index is 0.0737. The molecule has 1 heterocycles. The van der Waals surface area contributed by atoms with Crippen LogP contribution in [0.2, 0.25) is 0 Å². The molecule has 0 aliphatic rings. The second-order valence-corrected chi connectivity index (χ2v) is 4.65. The van der Waals surface area contributed by atoms with Crippen molar-refractivity contribution in [3.63, 3.8) is 0 Å². The van der Waals surface area contributed by atoms with E-state index in [4.69, 9.17) is 0 Å². The number of halogens is 4. The van der Waals surface area contributed by atoms with Gasteiger partial charge in [0.1, 0.15) is 5.69 Å². The molecule has 20 heavy (non-hydrogen) atoms. The molecule has 0 spiro atoms. The molecular formula is C14H14F4N2. The van der Waals surface area contributed by atoms with E-state index in [0.717, 1.165) is 17.0 Å². The van der Waals surface area contributed by atoms with Crippen molar-refractivity contribution in [2.75, 3.05) is 5.32 Å². The van der Waals surface area contributed by atoms with Crippen molar-refractivity contribution in [3.05, 3.63) is 52.4 Å². The Kier molecular flexibility index (Phi) is 3.74. The Bertz CT molecular complexity index is 636. The minimum atomic E-state index is -1.42. The zero-order valence-electron chi connectivity index (χ0n) is 11.3. The van der Waals surface area contributed by atoms with Gasteiger partial charge in [-0.25, -0.2) is 17.6 Å². The monoisotopic (exact) mass is 286 g/mol. The van der Waals surface area contributed by atoms with E-state index in [0.29, 0.717) is 0 Å². The second-order valence-electron chi connectivity index (χ2n) is 4.65. The zero-order valence-corrected chi connectivity index (χ0v) is 11.3. The smallest absolute Gasteiger partial charge is 0.185 e. The first kappa shape index (κ1) is 14.4. The molecule has 1 aromatic carbocycles. The predicted octanol–water partition coefficient (Wildman–Crippen LogP) is 3.81. The first-order chi connectivity index (χ1) is 9.32. The number of nitrogens with one attached hydrogen (secondary N) is 1. The molecule has 6 heteroatoms.